The summed E-state index contributed by atoms with van der Waals surface area (Å²) < 4.78 is 5.40. The maximum atomic E-state index is 5.71. The van der Waals surface area contributed by atoms with Crippen LogP contribution in [0, 0.1) is 12.8 Å². The van der Waals surface area contributed by atoms with E-state index < -0.39 is 0 Å². The lowest BCUT2D eigenvalue weighted by molar-refractivity contribution is 0.113. The van der Waals surface area contributed by atoms with Crippen molar-refractivity contribution < 1.29 is 4.74 Å². The fourth-order valence-corrected chi connectivity index (χ4v) is 1.55. The summed E-state index contributed by atoms with van der Waals surface area (Å²) in [6.07, 6.45) is 1.01. The van der Waals surface area contributed by atoms with Gasteiger partial charge in [-0.2, -0.15) is 0 Å². The second kappa shape index (κ2) is 6.59. The maximum Gasteiger partial charge on any atom is 0.0509 e. The molecular weight excluding hydrogens is 186 g/mol. The lowest BCUT2D eigenvalue weighted by Crippen LogP contribution is -2.22. The van der Waals surface area contributed by atoms with Crippen molar-refractivity contribution in [3.63, 3.8) is 0 Å². The van der Waals surface area contributed by atoms with E-state index in [1.54, 1.807) is 0 Å². The molecule has 0 radical (unpaired) electrons. The Hall–Kier alpha value is -0.860. The van der Waals surface area contributed by atoms with Gasteiger partial charge in [0.25, 0.3) is 0 Å². The van der Waals surface area contributed by atoms with Crippen LogP contribution in [0.2, 0.25) is 0 Å². The third kappa shape index (κ3) is 4.45. The Morgan fingerprint density at radius 3 is 2.47 bits per heavy atom. The number of rotatable bonds is 6. The van der Waals surface area contributed by atoms with Crippen LogP contribution in [0.4, 0.5) is 0 Å². The Kier molecular flexibility index (Phi) is 5.37. The van der Waals surface area contributed by atoms with Crippen molar-refractivity contribution in [2.45, 2.75) is 20.3 Å². The molecule has 2 heteroatoms. The topological polar surface area (TPSA) is 35.2 Å². The average Bonchev–Trinajstić information content (AvgIpc) is 2.27. The third-order valence-corrected chi connectivity index (χ3v) is 2.54. The molecule has 0 aliphatic carbocycles. The number of benzene rings is 1. The standard InChI is InChI=1S/C13H21NO/c1-3-15-10-13(9-14)8-12-6-4-11(2)5-7-12/h4-7,13H,3,8-10,14H2,1-2H3. The fraction of sp³-hybridized carbons (Fsp3) is 0.538. The molecule has 84 valence electrons. The fourth-order valence-electron chi connectivity index (χ4n) is 1.55. The first-order valence-corrected chi connectivity index (χ1v) is 5.59. The number of ether oxygens (including phenoxy) is 1. The van der Waals surface area contributed by atoms with Crippen LogP contribution in [0.5, 0.6) is 0 Å². The smallest absolute Gasteiger partial charge is 0.0509 e. The molecule has 1 aromatic carbocycles. The van der Waals surface area contributed by atoms with Crippen molar-refractivity contribution in [2.24, 2.45) is 11.7 Å². The minimum absolute atomic E-state index is 0.438. The Morgan fingerprint density at radius 1 is 1.27 bits per heavy atom. The summed E-state index contributed by atoms with van der Waals surface area (Å²) in [4.78, 5) is 0. The molecule has 1 atom stereocenters. The molecular formula is C13H21NO. The van der Waals surface area contributed by atoms with Gasteiger partial charge in [-0.1, -0.05) is 29.8 Å². The van der Waals surface area contributed by atoms with Gasteiger partial charge in [-0.25, -0.2) is 0 Å². The molecule has 0 bridgehead atoms. The summed E-state index contributed by atoms with van der Waals surface area (Å²) in [7, 11) is 0. The summed E-state index contributed by atoms with van der Waals surface area (Å²) in [6, 6.07) is 8.63. The van der Waals surface area contributed by atoms with Crippen LogP contribution >= 0.6 is 0 Å². The largest absolute Gasteiger partial charge is 0.381 e. The molecule has 2 N–H and O–H groups in total. The van der Waals surface area contributed by atoms with Crippen molar-refractivity contribution in [2.75, 3.05) is 19.8 Å². The lowest BCUT2D eigenvalue weighted by atomic mass is 9.99. The van der Waals surface area contributed by atoms with Crippen LogP contribution in [0.15, 0.2) is 24.3 Å². The minimum Gasteiger partial charge on any atom is -0.381 e. The summed E-state index contributed by atoms with van der Waals surface area (Å²) in [5.74, 6) is 0.438. The maximum absolute atomic E-state index is 5.71. The van der Waals surface area contributed by atoms with E-state index in [0.29, 0.717) is 12.5 Å². The predicted molar refractivity (Wildman–Crippen MR) is 63.9 cm³/mol. The zero-order valence-electron chi connectivity index (χ0n) is 9.70. The highest BCUT2D eigenvalue weighted by atomic mass is 16.5. The van der Waals surface area contributed by atoms with Crippen LogP contribution in [-0.4, -0.2) is 19.8 Å². The number of hydrogen-bond acceptors (Lipinski definition) is 2. The molecule has 0 fully saturated rings. The van der Waals surface area contributed by atoms with Gasteiger partial charge in [0.05, 0.1) is 6.61 Å². The van der Waals surface area contributed by atoms with Gasteiger partial charge in [-0.05, 0) is 38.3 Å². The summed E-state index contributed by atoms with van der Waals surface area (Å²) in [5.41, 5.74) is 8.35. The van der Waals surface area contributed by atoms with E-state index in [1.165, 1.54) is 11.1 Å². The molecule has 0 saturated carbocycles. The highest BCUT2D eigenvalue weighted by molar-refractivity contribution is 5.21. The van der Waals surface area contributed by atoms with Crippen LogP contribution in [0.1, 0.15) is 18.1 Å². The van der Waals surface area contributed by atoms with Crippen molar-refractivity contribution >= 4 is 0 Å². The Labute approximate surface area is 92.4 Å². The van der Waals surface area contributed by atoms with Gasteiger partial charge >= 0.3 is 0 Å². The number of hydrogen-bond donors (Lipinski definition) is 1. The van der Waals surface area contributed by atoms with Crippen molar-refractivity contribution in [3.8, 4) is 0 Å². The molecule has 0 aliphatic rings. The Morgan fingerprint density at radius 2 is 1.93 bits per heavy atom. The lowest BCUT2D eigenvalue weighted by Gasteiger charge is -2.14. The normalized spacial score (nSPS) is 12.7. The van der Waals surface area contributed by atoms with E-state index in [9.17, 15) is 0 Å². The summed E-state index contributed by atoms with van der Waals surface area (Å²) in [6.45, 7) is 6.34. The molecule has 15 heavy (non-hydrogen) atoms. The molecule has 0 spiro atoms. The van der Waals surface area contributed by atoms with E-state index in [1.807, 2.05) is 6.92 Å². The molecule has 2 nitrogen and oxygen atoms in total. The van der Waals surface area contributed by atoms with Crippen LogP contribution in [0.3, 0.4) is 0 Å². The van der Waals surface area contributed by atoms with Gasteiger partial charge < -0.3 is 10.5 Å². The van der Waals surface area contributed by atoms with Crippen LogP contribution in [0.25, 0.3) is 0 Å². The molecule has 0 amide bonds. The first kappa shape index (κ1) is 12.2. The van der Waals surface area contributed by atoms with Crippen LogP contribution in [-0.2, 0) is 11.2 Å². The van der Waals surface area contributed by atoms with Gasteiger partial charge in [-0.15, -0.1) is 0 Å². The average molecular weight is 207 g/mol. The summed E-state index contributed by atoms with van der Waals surface area (Å²) >= 11 is 0. The number of aryl methyl sites for hydroxylation is 1. The monoisotopic (exact) mass is 207 g/mol. The molecule has 0 aromatic heterocycles. The van der Waals surface area contributed by atoms with Crippen LogP contribution < -0.4 is 5.73 Å². The first-order chi connectivity index (χ1) is 7.26. The van der Waals surface area contributed by atoms with Gasteiger partial charge in [0, 0.05) is 6.61 Å². The van der Waals surface area contributed by atoms with E-state index in [-0.39, 0.29) is 0 Å². The molecule has 1 rings (SSSR count). The van der Waals surface area contributed by atoms with E-state index in [4.69, 9.17) is 10.5 Å². The molecule has 0 aliphatic heterocycles. The number of nitrogens with two attached hydrogens (primary N) is 1. The van der Waals surface area contributed by atoms with Gasteiger partial charge in [0.2, 0.25) is 0 Å². The van der Waals surface area contributed by atoms with Gasteiger partial charge in [0.15, 0.2) is 0 Å². The van der Waals surface area contributed by atoms with Crippen molar-refractivity contribution in [3.05, 3.63) is 35.4 Å². The molecule has 1 aromatic rings. The van der Waals surface area contributed by atoms with Crippen molar-refractivity contribution in [1.82, 2.24) is 0 Å². The Bertz CT molecular complexity index is 268. The zero-order valence-corrected chi connectivity index (χ0v) is 9.70. The highest BCUT2D eigenvalue weighted by Gasteiger charge is 2.07. The van der Waals surface area contributed by atoms with E-state index in [0.717, 1.165) is 19.6 Å². The van der Waals surface area contributed by atoms with Gasteiger partial charge in [0.1, 0.15) is 0 Å². The predicted octanol–water partition coefficient (Wildman–Crippen LogP) is 2.15. The second-order valence-corrected chi connectivity index (χ2v) is 3.95. The zero-order chi connectivity index (χ0) is 11.1. The highest BCUT2D eigenvalue weighted by Crippen LogP contribution is 2.09. The SMILES string of the molecule is CCOCC(CN)Cc1ccc(C)cc1. The minimum atomic E-state index is 0.438. The second-order valence-electron chi connectivity index (χ2n) is 3.95. The van der Waals surface area contributed by atoms with Gasteiger partial charge in [-0.3, -0.25) is 0 Å². The Balaban J connectivity index is 2.47. The van der Waals surface area contributed by atoms with E-state index >= 15 is 0 Å². The molecule has 0 heterocycles. The third-order valence-electron chi connectivity index (χ3n) is 2.54. The van der Waals surface area contributed by atoms with E-state index in [2.05, 4.69) is 31.2 Å². The molecule has 1 unspecified atom stereocenters. The quantitative estimate of drug-likeness (QED) is 0.775. The first-order valence-electron chi connectivity index (χ1n) is 5.59. The summed E-state index contributed by atoms with van der Waals surface area (Å²) in [5, 5.41) is 0. The molecule has 0 saturated heterocycles. The van der Waals surface area contributed by atoms with Crippen molar-refractivity contribution in [1.29, 1.82) is 0 Å².